The molecule has 0 aliphatic heterocycles. The van der Waals surface area contributed by atoms with Crippen LogP contribution in [0.25, 0.3) is 0 Å². The van der Waals surface area contributed by atoms with Crippen LogP contribution < -0.4 is 10.1 Å². The van der Waals surface area contributed by atoms with E-state index in [1.165, 1.54) is 6.42 Å². The van der Waals surface area contributed by atoms with E-state index in [0.717, 1.165) is 36.1 Å². The maximum absolute atomic E-state index is 5.86. The van der Waals surface area contributed by atoms with Crippen molar-refractivity contribution in [1.82, 2.24) is 10.3 Å². The first-order chi connectivity index (χ1) is 9.76. The molecule has 0 bridgehead atoms. The highest BCUT2D eigenvalue weighted by Gasteiger charge is 2.36. The van der Waals surface area contributed by atoms with Gasteiger partial charge < -0.3 is 14.5 Å². The van der Waals surface area contributed by atoms with Crippen LogP contribution in [0.15, 0.2) is 34.9 Å². The highest BCUT2D eigenvalue weighted by Crippen LogP contribution is 2.47. The van der Waals surface area contributed by atoms with Crippen LogP contribution >= 0.6 is 0 Å². The average Bonchev–Trinajstić information content (AvgIpc) is 3.01. The maximum atomic E-state index is 5.86. The zero-order chi connectivity index (χ0) is 13.9. The Balaban J connectivity index is 1.50. The molecule has 0 aromatic carbocycles. The second kappa shape index (κ2) is 5.67. The van der Waals surface area contributed by atoms with Crippen molar-refractivity contribution in [1.29, 1.82) is 0 Å². The largest absolute Gasteiger partial charge is 0.481 e. The number of rotatable bonds is 6. The van der Waals surface area contributed by atoms with Crippen LogP contribution in [0.1, 0.15) is 36.3 Å². The van der Waals surface area contributed by atoms with E-state index >= 15 is 0 Å². The van der Waals surface area contributed by atoms with Gasteiger partial charge in [-0.3, -0.25) is 0 Å². The van der Waals surface area contributed by atoms with Crippen LogP contribution in [-0.4, -0.2) is 12.1 Å². The first kappa shape index (κ1) is 13.2. The third-order valence-electron chi connectivity index (χ3n) is 3.79. The zero-order valence-electron chi connectivity index (χ0n) is 11.9. The van der Waals surface area contributed by atoms with Crippen LogP contribution in [-0.2, 0) is 13.1 Å². The fraction of sp³-hybridized carbons (Fsp3) is 0.438. The SMILES string of the molecule is COc1cc(CNCc2ccc(C3CC3C)o2)ccn1. The smallest absolute Gasteiger partial charge is 0.213 e. The Hall–Kier alpha value is -1.81. The van der Waals surface area contributed by atoms with E-state index in [-0.39, 0.29) is 0 Å². The fourth-order valence-electron chi connectivity index (χ4n) is 2.41. The number of hydrogen-bond acceptors (Lipinski definition) is 4. The molecule has 2 heterocycles. The second-order valence-electron chi connectivity index (χ2n) is 5.43. The topological polar surface area (TPSA) is 47.3 Å². The second-order valence-corrected chi connectivity index (χ2v) is 5.43. The monoisotopic (exact) mass is 272 g/mol. The minimum Gasteiger partial charge on any atom is -0.481 e. The van der Waals surface area contributed by atoms with Crippen molar-refractivity contribution in [2.45, 2.75) is 32.4 Å². The summed E-state index contributed by atoms with van der Waals surface area (Å²) in [6.07, 6.45) is 3.02. The predicted molar refractivity (Wildman–Crippen MR) is 76.6 cm³/mol. The summed E-state index contributed by atoms with van der Waals surface area (Å²) in [5.41, 5.74) is 1.15. The molecule has 1 N–H and O–H groups in total. The molecule has 0 amide bonds. The summed E-state index contributed by atoms with van der Waals surface area (Å²) in [6, 6.07) is 8.10. The van der Waals surface area contributed by atoms with Gasteiger partial charge in [0.2, 0.25) is 5.88 Å². The highest BCUT2D eigenvalue weighted by atomic mass is 16.5. The summed E-state index contributed by atoms with van der Waals surface area (Å²) in [7, 11) is 1.63. The fourth-order valence-corrected chi connectivity index (χ4v) is 2.41. The molecule has 1 aliphatic rings. The van der Waals surface area contributed by atoms with Gasteiger partial charge in [-0.25, -0.2) is 4.98 Å². The summed E-state index contributed by atoms with van der Waals surface area (Å²) in [4.78, 5) is 4.09. The van der Waals surface area contributed by atoms with E-state index in [0.29, 0.717) is 11.8 Å². The minimum absolute atomic E-state index is 0.646. The molecule has 0 saturated heterocycles. The molecule has 2 unspecified atom stereocenters. The van der Waals surface area contributed by atoms with Gasteiger partial charge in [0.25, 0.3) is 0 Å². The Morgan fingerprint density at radius 1 is 1.35 bits per heavy atom. The van der Waals surface area contributed by atoms with Crippen molar-refractivity contribution in [2.24, 2.45) is 5.92 Å². The van der Waals surface area contributed by atoms with Gasteiger partial charge >= 0.3 is 0 Å². The van der Waals surface area contributed by atoms with Gasteiger partial charge in [0, 0.05) is 24.7 Å². The van der Waals surface area contributed by atoms with Gasteiger partial charge in [0.15, 0.2) is 0 Å². The molecule has 3 rings (SSSR count). The normalized spacial score (nSPS) is 20.9. The lowest BCUT2D eigenvalue weighted by Gasteiger charge is -2.04. The van der Waals surface area contributed by atoms with Crippen LogP contribution in [0, 0.1) is 5.92 Å². The minimum atomic E-state index is 0.646. The number of nitrogens with one attached hydrogen (secondary N) is 1. The molecule has 4 nitrogen and oxygen atoms in total. The quantitative estimate of drug-likeness (QED) is 0.877. The predicted octanol–water partition coefficient (Wildman–Crippen LogP) is 3.10. The molecule has 2 aromatic rings. The summed E-state index contributed by atoms with van der Waals surface area (Å²) in [5, 5.41) is 3.38. The Morgan fingerprint density at radius 2 is 2.20 bits per heavy atom. The molecule has 20 heavy (non-hydrogen) atoms. The Bertz CT molecular complexity index is 579. The first-order valence-corrected chi connectivity index (χ1v) is 7.04. The van der Waals surface area contributed by atoms with Crippen LogP contribution in [0.4, 0.5) is 0 Å². The molecular formula is C16H20N2O2. The van der Waals surface area contributed by atoms with Gasteiger partial charge in [-0.2, -0.15) is 0 Å². The molecule has 1 fully saturated rings. The number of hydrogen-bond donors (Lipinski definition) is 1. The Labute approximate surface area is 119 Å². The standard InChI is InChI=1S/C16H20N2O2/c1-11-7-14(11)15-4-3-13(20-15)10-17-9-12-5-6-18-16(8-12)19-2/h3-6,8,11,14,17H,7,9-10H2,1-2H3. The van der Waals surface area contributed by atoms with E-state index in [9.17, 15) is 0 Å². The van der Waals surface area contributed by atoms with E-state index < -0.39 is 0 Å². The van der Waals surface area contributed by atoms with Gasteiger partial charge in [-0.1, -0.05) is 6.92 Å². The third-order valence-corrected chi connectivity index (χ3v) is 3.79. The average molecular weight is 272 g/mol. The van der Waals surface area contributed by atoms with E-state index in [1.807, 2.05) is 12.1 Å². The Kier molecular flexibility index (Phi) is 3.74. The van der Waals surface area contributed by atoms with Crippen LogP contribution in [0.2, 0.25) is 0 Å². The lowest BCUT2D eigenvalue weighted by molar-refractivity contribution is 0.397. The number of pyridine rings is 1. The van der Waals surface area contributed by atoms with Crippen molar-refractivity contribution in [3.63, 3.8) is 0 Å². The van der Waals surface area contributed by atoms with Crippen LogP contribution in [0.5, 0.6) is 5.88 Å². The van der Waals surface area contributed by atoms with Crippen molar-refractivity contribution >= 4 is 0 Å². The summed E-state index contributed by atoms with van der Waals surface area (Å²) in [6.45, 7) is 3.78. The highest BCUT2D eigenvalue weighted by molar-refractivity contribution is 5.20. The number of methoxy groups -OCH3 is 1. The molecule has 0 radical (unpaired) electrons. The van der Waals surface area contributed by atoms with Crippen molar-refractivity contribution in [3.8, 4) is 5.88 Å². The molecule has 2 aromatic heterocycles. The van der Waals surface area contributed by atoms with E-state index in [2.05, 4.69) is 29.4 Å². The third kappa shape index (κ3) is 3.02. The van der Waals surface area contributed by atoms with Gasteiger partial charge in [-0.15, -0.1) is 0 Å². The molecular weight excluding hydrogens is 252 g/mol. The first-order valence-electron chi connectivity index (χ1n) is 7.04. The summed E-state index contributed by atoms with van der Waals surface area (Å²) < 4.78 is 11.0. The van der Waals surface area contributed by atoms with Gasteiger partial charge in [-0.05, 0) is 36.1 Å². The van der Waals surface area contributed by atoms with Gasteiger partial charge in [0.05, 0.1) is 13.7 Å². The molecule has 0 spiro atoms. The van der Waals surface area contributed by atoms with Crippen LogP contribution in [0.3, 0.4) is 0 Å². The number of ether oxygens (including phenoxy) is 1. The number of furan rings is 1. The maximum Gasteiger partial charge on any atom is 0.213 e. The lowest BCUT2D eigenvalue weighted by Crippen LogP contribution is -2.12. The van der Waals surface area contributed by atoms with Crippen molar-refractivity contribution in [2.75, 3.05) is 7.11 Å². The number of aromatic nitrogens is 1. The van der Waals surface area contributed by atoms with Gasteiger partial charge in [0.1, 0.15) is 11.5 Å². The van der Waals surface area contributed by atoms with Crippen molar-refractivity contribution in [3.05, 3.63) is 47.5 Å². The zero-order valence-corrected chi connectivity index (χ0v) is 11.9. The Morgan fingerprint density at radius 3 is 2.95 bits per heavy atom. The molecule has 1 saturated carbocycles. The molecule has 1 aliphatic carbocycles. The molecule has 106 valence electrons. The van der Waals surface area contributed by atoms with E-state index in [1.54, 1.807) is 13.3 Å². The van der Waals surface area contributed by atoms with Crippen molar-refractivity contribution < 1.29 is 9.15 Å². The molecule has 4 heteroatoms. The summed E-state index contributed by atoms with van der Waals surface area (Å²) >= 11 is 0. The summed E-state index contributed by atoms with van der Waals surface area (Å²) in [5.74, 6) is 4.21. The lowest BCUT2D eigenvalue weighted by atomic mass is 10.2. The molecule has 2 atom stereocenters. The van der Waals surface area contributed by atoms with E-state index in [4.69, 9.17) is 9.15 Å². The number of nitrogens with zero attached hydrogens (tertiary/aromatic N) is 1.